The molecule has 3 rings (SSSR count). The molecule has 2 aromatic heterocycles. The number of aromatic amines is 2. The van der Waals surface area contributed by atoms with Gasteiger partial charge in [0.1, 0.15) is 0 Å². The number of rotatable bonds is 1. The number of aromatic nitrogens is 3. The first kappa shape index (κ1) is 9.84. The molecule has 2 N–H and O–H groups in total. The summed E-state index contributed by atoms with van der Waals surface area (Å²) in [5, 5.41) is 8.53. The van der Waals surface area contributed by atoms with Gasteiger partial charge in [-0.25, -0.2) is 0 Å². The standard InChI is InChI=1S/C13H11N3O/c1-8-12(7-15-16-8)10-3-2-9-4-5-14-13(17)11(9)6-10/h2-7H,1H3,(H,14,17)(H,15,16). The Hall–Kier alpha value is -2.36. The predicted molar refractivity (Wildman–Crippen MR) is 66.9 cm³/mol. The number of nitrogens with zero attached hydrogens (tertiary/aromatic N) is 1. The van der Waals surface area contributed by atoms with Crippen molar-refractivity contribution in [1.82, 2.24) is 15.2 Å². The first-order valence-corrected chi connectivity index (χ1v) is 5.37. The van der Waals surface area contributed by atoms with E-state index in [1.165, 1.54) is 0 Å². The van der Waals surface area contributed by atoms with Gasteiger partial charge in [0.2, 0.25) is 0 Å². The van der Waals surface area contributed by atoms with Gasteiger partial charge in [-0.15, -0.1) is 0 Å². The van der Waals surface area contributed by atoms with E-state index in [1.807, 2.05) is 31.2 Å². The maximum atomic E-state index is 11.7. The largest absolute Gasteiger partial charge is 0.329 e. The molecule has 0 spiro atoms. The van der Waals surface area contributed by atoms with Crippen LogP contribution < -0.4 is 5.56 Å². The first-order valence-electron chi connectivity index (χ1n) is 5.37. The number of nitrogens with one attached hydrogen (secondary N) is 2. The number of pyridine rings is 1. The molecule has 0 aliphatic rings. The molecule has 0 radical (unpaired) electrons. The number of aryl methyl sites for hydroxylation is 1. The molecule has 2 heterocycles. The average Bonchev–Trinajstić information content (AvgIpc) is 2.76. The predicted octanol–water partition coefficient (Wildman–Crippen LogP) is 2.23. The van der Waals surface area contributed by atoms with E-state index in [1.54, 1.807) is 12.4 Å². The zero-order chi connectivity index (χ0) is 11.8. The van der Waals surface area contributed by atoms with Gasteiger partial charge in [0, 0.05) is 22.8 Å². The van der Waals surface area contributed by atoms with Crippen molar-refractivity contribution in [2.45, 2.75) is 6.92 Å². The summed E-state index contributed by atoms with van der Waals surface area (Å²) >= 11 is 0. The maximum Gasteiger partial charge on any atom is 0.255 e. The van der Waals surface area contributed by atoms with Gasteiger partial charge in [-0.3, -0.25) is 9.89 Å². The molecule has 17 heavy (non-hydrogen) atoms. The highest BCUT2D eigenvalue weighted by molar-refractivity contribution is 5.86. The Bertz CT molecular complexity index is 740. The van der Waals surface area contributed by atoms with Crippen LogP contribution in [0.1, 0.15) is 5.69 Å². The van der Waals surface area contributed by atoms with E-state index >= 15 is 0 Å². The minimum atomic E-state index is -0.0644. The van der Waals surface area contributed by atoms with Crippen molar-refractivity contribution in [3.63, 3.8) is 0 Å². The van der Waals surface area contributed by atoms with Gasteiger partial charge in [0.05, 0.1) is 6.20 Å². The van der Waals surface area contributed by atoms with Crippen LogP contribution in [0, 0.1) is 6.92 Å². The lowest BCUT2D eigenvalue weighted by Crippen LogP contribution is -2.04. The molecule has 0 aliphatic carbocycles. The number of hydrogen-bond donors (Lipinski definition) is 2. The highest BCUT2D eigenvalue weighted by atomic mass is 16.1. The molecular formula is C13H11N3O. The fourth-order valence-electron chi connectivity index (χ4n) is 1.99. The molecule has 0 aliphatic heterocycles. The molecule has 3 aromatic rings. The van der Waals surface area contributed by atoms with Crippen LogP contribution in [-0.2, 0) is 0 Å². The molecule has 0 saturated heterocycles. The topological polar surface area (TPSA) is 61.5 Å². The number of benzene rings is 1. The lowest BCUT2D eigenvalue weighted by molar-refractivity contribution is 1.05. The Labute approximate surface area is 97.3 Å². The summed E-state index contributed by atoms with van der Waals surface area (Å²) in [6.07, 6.45) is 3.43. The van der Waals surface area contributed by atoms with Crippen LogP contribution in [0.5, 0.6) is 0 Å². The lowest BCUT2D eigenvalue weighted by atomic mass is 10.0. The van der Waals surface area contributed by atoms with E-state index in [0.29, 0.717) is 5.39 Å². The SMILES string of the molecule is Cc1[nH]ncc1-c1ccc2cc[nH]c(=O)c2c1. The Morgan fingerprint density at radius 3 is 2.88 bits per heavy atom. The summed E-state index contributed by atoms with van der Waals surface area (Å²) < 4.78 is 0. The maximum absolute atomic E-state index is 11.7. The van der Waals surface area contributed by atoms with Gasteiger partial charge in [-0.1, -0.05) is 12.1 Å². The van der Waals surface area contributed by atoms with Crippen LogP contribution in [0.15, 0.2) is 41.5 Å². The van der Waals surface area contributed by atoms with E-state index in [2.05, 4.69) is 15.2 Å². The number of H-pyrrole nitrogens is 2. The molecule has 1 aromatic carbocycles. The van der Waals surface area contributed by atoms with Crippen LogP contribution in [0.4, 0.5) is 0 Å². The van der Waals surface area contributed by atoms with E-state index in [-0.39, 0.29) is 5.56 Å². The molecule has 0 unspecified atom stereocenters. The van der Waals surface area contributed by atoms with Gasteiger partial charge in [0.15, 0.2) is 0 Å². The highest BCUT2D eigenvalue weighted by Gasteiger charge is 2.05. The second-order valence-corrected chi connectivity index (χ2v) is 4.02. The number of fused-ring (bicyclic) bond motifs is 1. The van der Waals surface area contributed by atoms with Gasteiger partial charge < -0.3 is 4.98 Å². The third-order valence-electron chi connectivity index (χ3n) is 2.92. The van der Waals surface area contributed by atoms with Gasteiger partial charge >= 0.3 is 0 Å². The third kappa shape index (κ3) is 1.54. The molecule has 84 valence electrons. The second-order valence-electron chi connectivity index (χ2n) is 4.02. The molecule has 0 amide bonds. The van der Waals surface area contributed by atoms with Crippen molar-refractivity contribution in [3.05, 3.63) is 52.7 Å². The van der Waals surface area contributed by atoms with Crippen molar-refractivity contribution >= 4 is 10.8 Å². The van der Waals surface area contributed by atoms with Crippen molar-refractivity contribution in [1.29, 1.82) is 0 Å². The molecule has 4 nitrogen and oxygen atoms in total. The Morgan fingerprint density at radius 1 is 1.24 bits per heavy atom. The van der Waals surface area contributed by atoms with E-state index in [4.69, 9.17) is 0 Å². The van der Waals surface area contributed by atoms with E-state index in [0.717, 1.165) is 22.2 Å². The Kier molecular flexibility index (Phi) is 2.08. The van der Waals surface area contributed by atoms with Crippen LogP contribution in [0.3, 0.4) is 0 Å². The van der Waals surface area contributed by atoms with Gasteiger partial charge in [0.25, 0.3) is 5.56 Å². The van der Waals surface area contributed by atoms with Crippen molar-refractivity contribution in [2.24, 2.45) is 0 Å². The monoisotopic (exact) mass is 225 g/mol. The van der Waals surface area contributed by atoms with Crippen LogP contribution in [-0.4, -0.2) is 15.2 Å². The van der Waals surface area contributed by atoms with Crippen molar-refractivity contribution < 1.29 is 0 Å². The van der Waals surface area contributed by atoms with E-state index < -0.39 is 0 Å². The summed E-state index contributed by atoms with van der Waals surface area (Å²) in [5.41, 5.74) is 2.96. The first-order chi connectivity index (χ1) is 8.25. The molecular weight excluding hydrogens is 214 g/mol. The Balaban J connectivity index is 2.30. The third-order valence-corrected chi connectivity index (χ3v) is 2.92. The average molecular weight is 225 g/mol. The minimum Gasteiger partial charge on any atom is -0.329 e. The lowest BCUT2D eigenvalue weighted by Gasteiger charge is -2.01. The zero-order valence-corrected chi connectivity index (χ0v) is 9.32. The van der Waals surface area contributed by atoms with E-state index in [9.17, 15) is 4.79 Å². The van der Waals surface area contributed by atoms with Gasteiger partial charge in [-0.05, 0) is 30.0 Å². The van der Waals surface area contributed by atoms with Crippen molar-refractivity contribution in [3.8, 4) is 11.1 Å². The Morgan fingerprint density at radius 2 is 2.12 bits per heavy atom. The number of hydrogen-bond acceptors (Lipinski definition) is 2. The molecule has 0 fully saturated rings. The summed E-state index contributed by atoms with van der Waals surface area (Å²) in [7, 11) is 0. The quantitative estimate of drug-likeness (QED) is 0.667. The van der Waals surface area contributed by atoms with Crippen LogP contribution in [0.2, 0.25) is 0 Å². The zero-order valence-electron chi connectivity index (χ0n) is 9.32. The van der Waals surface area contributed by atoms with Gasteiger partial charge in [-0.2, -0.15) is 5.10 Å². The fourth-order valence-corrected chi connectivity index (χ4v) is 1.99. The highest BCUT2D eigenvalue weighted by Crippen LogP contribution is 2.24. The summed E-state index contributed by atoms with van der Waals surface area (Å²) in [6.45, 7) is 1.96. The van der Waals surface area contributed by atoms with Crippen molar-refractivity contribution in [2.75, 3.05) is 0 Å². The second kappa shape index (κ2) is 3.59. The smallest absolute Gasteiger partial charge is 0.255 e. The molecule has 0 saturated carbocycles. The van der Waals surface area contributed by atoms with Crippen LogP contribution >= 0.6 is 0 Å². The normalized spacial score (nSPS) is 10.9. The summed E-state index contributed by atoms with van der Waals surface area (Å²) in [6, 6.07) is 7.74. The summed E-state index contributed by atoms with van der Waals surface area (Å²) in [4.78, 5) is 14.4. The minimum absolute atomic E-state index is 0.0644. The summed E-state index contributed by atoms with van der Waals surface area (Å²) in [5.74, 6) is 0. The molecule has 4 heteroatoms. The fraction of sp³-hybridized carbons (Fsp3) is 0.0769. The molecule has 0 bridgehead atoms. The van der Waals surface area contributed by atoms with Crippen LogP contribution in [0.25, 0.3) is 21.9 Å². The molecule has 0 atom stereocenters.